The van der Waals surface area contributed by atoms with Crippen molar-refractivity contribution in [2.45, 2.75) is 38.8 Å². The van der Waals surface area contributed by atoms with E-state index in [-0.39, 0.29) is 17.1 Å². The third-order valence-corrected chi connectivity index (χ3v) is 3.65. The van der Waals surface area contributed by atoms with Gasteiger partial charge < -0.3 is 20.5 Å². The van der Waals surface area contributed by atoms with Gasteiger partial charge in [-0.05, 0) is 31.0 Å². The van der Waals surface area contributed by atoms with Gasteiger partial charge in [-0.2, -0.15) is 8.78 Å². The van der Waals surface area contributed by atoms with E-state index in [1.165, 1.54) is 25.3 Å². The lowest BCUT2D eigenvalue weighted by atomic mass is 9.94. The first-order valence-electron chi connectivity index (χ1n) is 7.05. The summed E-state index contributed by atoms with van der Waals surface area (Å²) in [6.07, 6.45) is 1.43. The minimum Gasteiger partial charge on any atom is -0.493 e. The number of nitrogens with two attached hydrogens (primary N) is 1. The molecule has 1 aromatic carbocycles. The third kappa shape index (κ3) is 4.84. The van der Waals surface area contributed by atoms with Gasteiger partial charge in [0.2, 0.25) is 0 Å². The third-order valence-electron chi connectivity index (χ3n) is 3.65. The molecular weight excluding hydrogens is 294 g/mol. The minimum atomic E-state index is -3.00. The van der Waals surface area contributed by atoms with Crippen molar-refractivity contribution in [1.29, 1.82) is 0 Å². The molecule has 22 heavy (non-hydrogen) atoms. The number of carbonyl (C=O) groups is 1. The molecule has 0 aromatic heterocycles. The Hall–Kier alpha value is -1.89. The molecule has 1 rings (SSSR count). The Kier molecular flexibility index (Phi) is 6.55. The molecule has 124 valence electrons. The van der Waals surface area contributed by atoms with Crippen molar-refractivity contribution < 1.29 is 23.0 Å². The van der Waals surface area contributed by atoms with Crippen LogP contribution < -0.4 is 20.5 Å². The molecule has 0 saturated heterocycles. The summed E-state index contributed by atoms with van der Waals surface area (Å²) < 4.78 is 34.0. The van der Waals surface area contributed by atoms with Gasteiger partial charge in [0.15, 0.2) is 11.5 Å². The lowest BCUT2D eigenvalue weighted by molar-refractivity contribution is -0.0512. The minimum absolute atomic E-state index is 0.132. The highest BCUT2D eigenvalue weighted by Crippen LogP contribution is 2.29. The van der Waals surface area contributed by atoms with Crippen molar-refractivity contribution in [2.24, 2.45) is 5.73 Å². The second-order valence-electron chi connectivity index (χ2n) is 5.00. The van der Waals surface area contributed by atoms with Crippen molar-refractivity contribution >= 4 is 5.91 Å². The van der Waals surface area contributed by atoms with Crippen molar-refractivity contribution in [3.63, 3.8) is 0 Å². The predicted molar refractivity (Wildman–Crippen MR) is 79.5 cm³/mol. The van der Waals surface area contributed by atoms with Crippen molar-refractivity contribution in [1.82, 2.24) is 5.32 Å². The Morgan fingerprint density at radius 3 is 2.45 bits per heavy atom. The summed E-state index contributed by atoms with van der Waals surface area (Å²) >= 11 is 0. The van der Waals surface area contributed by atoms with Gasteiger partial charge in [0.1, 0.15) is 0 Å². The number of amides is 1. The summed E-state index contributed by atoms with van der Waals surface area (Å²) in [6, 6.07) is 4.10. The summed E-state index contributed by atoms with van der Waals surface area (Å²) in [5.74, 6) is -0.458. The highest BCUT2D eigenvalue weighted by molar-refractivity contribution is 5.94. The van der Waals surface area contributed by atoms with Crippen molar-refractivity contribution in [2.75, 3.05) is 13.7 Å². The highest BCUT2D eigenvalue weighted by Gasteiger charge is 2.22. The average Bonchev–Trinajstić information content (AvgIpc) is 2.51. The van der Waals surface area contributed by atoms with Crippen LogP contribution in [0, 0.1) is 0 Å². The Morgan fingerprint density at radius 1 is 1.32 bits per heavy atom. The zero-order valence-corrected chi connectivity index (χ0v) is 13.0. The van der Waals surface area contributed by atoms with E-state index in [0.717, 1.165) is 0 Å². The van der Waals surface area contributed by atoms with E-state index >= 15 is 0 Å². The number of nitrogens with one attached hydrogen (secondary N) is 1. The molecule has 0 aliphatic rings. The first-order chi connectivity index (χ1) is 10.3. The van der Waals surface area contributed by atoms with Crippen molar-refractivity contribution in [3.8, 4) is 11.5 Å². The number of alkyl halides is 2. The monoisotopic (exact) mass is 316 g/mol. The Bertz CT molecular complexity index is 506. The molecule has 0 unspecified atom stereocenters. The number of benzene rings is 1. The van der Waals surface area contributed by atoms with Gasteiger partial charge in [0.05, 0.1) is 7.11 Å². The standard InChI is InChI=1S/C15H22F2N2O3/c1-4-15(18,5-2)9-19-13(20)10-6-7-11(21-3)12(8-10)22-14(16)17/h6-8,14H,4-5,9,18H2,1-3H3,(H,19,20). The number of methoxy groups -OCH3 is 1. The topological polar surface area (TPSA) is 73.6 Å². The molecule has 0 aliphatic carbocycles. The van der Waals surface area contributed by atoms with Gasteiger partial charge in [-0.25, -0.2) is 0 Å². The van der Waals surface area contributed by atoms with Crippen LogP contribution >= 0.6 is 0 Å². The molecule has 0 spiro atoms. The Morgan fingerprint density at radius 2 is 1.95 bits per heavy atom. The number of hydrogen-bond acceptors (Lipinski definition) is 4. The first kappa shape index (κ1) is 18.2. The van der Waals surface area contributed by atoms with E-state index in [1.807, 2.05) is 13.8 Å². The van der Waals surface area contributed by atoms with E-state index in [4.69, 9.17) is 10.5 Å². The molecular formula is C15H22F2N2O3. The maximum absolute atomic E-state index is 12.4. The SMILES string of the molecule is CCC(N)(CC)CNC(=O)c1ccc(OC)c(OC(F)F)c1. The fraction of sp³-hybridized carbons (Fsp3) is 0.533. The van der Waals surface area contributed by atoms with Gasteiger partial charge in [0, 0.05) is 17.6 Å². The van der Waals surface area contributed by atoms with Crippen LogP contribution in [0.3, 0.4) is 0 Å². The molecule has 0 saturated carbocycles. The van der Waals surface area contributed by atoms with Crippen LogP contribution in [0.2, 0.25) is 0 Å². The fourth-order valence-corrected chi connectivity index (χ4v) is 1.86. The number of carbonyl (C=O) groups excluding carboxylic acids is 1. The summed E-state index contributed by atoms with van der Waals surface area (Å²) in [7, 11) is 1.33. The number of ether oxygens (including phenoxy) is 2. The van der Waals surface area contributed by atoms with Crippen LogP contribution in [0.1, 0.15) is 37.0 Å². The molecule has 3 N–H and O–H groups in total. The van der Waals surface area contributed by atoms with Crippen LogP contribution in [-0.2, 0) is 0 Å². The zero-order valence-electron chi connectivity index (χ0n) is 13.0. The number of rotatable bonds is 8. The van der Waals surface area contributed by atoms with Crippen LogP contribution in [0.15, 0.2) is 18.2 Å². The van der Waals surface area contributed by atoms with Gasteiger partial charge in [0.25, 0.3) is 5.91 Å². The highest BCUT2D eigenvalue weighted by atomic mass is 19.3. The van der Waals surface area contributed by atoms with E-state index in [9.17, 15) is 13.6 Å². The van der Waals surface area contributed by atoms with Gasteiger partial charge in [-0.15, -0.1) is 0 Å². The average molecular weight is 316 g/mol. The summed E-state index contributed by atoms with van der Waals surface area (Å²) in [5.41, 5.74) is 5.82. The largest absolute Gasteiger partial charge is 0.493 e. The molecule has 0 radical (unpaired) electrons. The van der Waals surface area contributed by atoms with E-state index < -0.39 is 18.1 Å². The Balaban J connectivity index is 2.85. The van der Waals surface area contributed by atoms with Crippen LogP contribution in [-0.4, -0.2) is 31.7 Å². The van der Waals surface area contributed by atoms with Crippen LogP contribution in [0.5, 0.6) is 11.5 Å². The zero-order chi connectivity index (χ0) is 16.8. The quantitative estimate of drug-likeness (QED) is 0.773. The van der Waals surface area contributed by atoms with Crippen molar-refractivity contribution in [3.05, 3.63) is 23.8 Å². The number of hydrogen-bond donors (Lipinski definition) is 2. The smallest absolute Gasteiger partial charge is 0.387 e. The first-order valence-corrected chi connectivity index (χ1v) is 7.05. The van der Waals surface area contributed by atoms with Crippen LogP contribution in [0.25, 0.3) is 0 Å². The van der Waals surface area contributed by atoms with Gasteiger partial charge in [-0.1, -0.05) is 13.8 Å². The molecule has 0 fully saturated rings. The van der Waals surface area contributed by atoms with Gasteiger partial charge in [-0.3, -0.25) is 4.79 Å². The normalized spacial score (nSPS) is 11.4. The van der Waals surface area contributed by atoms with Gasteiger partial charge >= 0.3 is 6.61 Å². The molecule has 0 heterocycles. The summed E-state index contributed by atoms with van der Waals surface area (Å²) in [4.78, 5) is 12.1. The molecule has 0 atom stereocenters. The molecule has 7 heteroatoms. The van der Waals surface area contributed by atoms with E-state index in [1.54, 1.807) is 0 Å². The second kappa shape index (κ2) is 7.93. The Labute approximate surface area is 128 Å². The lowest BCUT2D eigenvalue weighted by Gasteiger charge is -2.26. The predicted octanol–water partition coefficient (Wildman–Crippen LogP) is 2.54. The molecule has 1 amide bonds. The lowest BCUT2D eigenvalue weighted by Crippen LogP contribution is -2.49. The van der Waals surface area contributed by atoms with Crippen LogP contribution in [0.4, 0.5) is 8.78 Å². The maximum Gasteiger partial charge on any atom is 0.387 e. The number of halogens is 2. The molecule has 5 nitrogen and oxygen atoms in total. The molecule has 0 aliphatic heterocycles. The second-order valence-corrected chi connectivity index (χ2v) is 5.00. The maximum atomic E-state index is 12.4. The molecule has 0 bridgehead atoms. The fourth-order valence-electron chi connectivity index (χ4n) is 1.86. The summed E-state index contributed by atoms with van der Waals surface area (Å²) in [5, 5.41) is 2.71. The van der Waals surface area contributed by atoms with E-state index in [0.29, 0.717) is 19.4 Å². The van der Waals surface area contributed by atoms with E-state index in [2.05, 4.69) is 10.1 Å². The molecule has 1 aromatic rings. The summed E-state index contributed by atoms with van der Waals surface area (Å²) in [6.45, 7) is 1.19.